The van der Waals surface area contributed by atoms with Gasteiger partial charge in [-0.1, -0.05) is 36.4 Å². The number of carbonyl (C=O) groups is 1. The number of nitrogens with one attached hydrogen (secondary N) is 2. The van der Waals surface area contributed by atoms with Crippen LogP contribution in [0.1, 0.15) is 48.8 Å². The molecular formula is C23H23N5O2. The van der Waals surface area contributed by atoms with Gasteiger partial charge in [-0.25, -0.2) is 4.98 Å². The van der Waals surface area contributed by atoms with Crippen LogP contribution in [0.4, 0.5) is 0 Å². The van der Waals surface area contributed by atoms with Crippen LogP contribution in [0.15, 0.2) is 65.6 Å². The molecule has 1 atom stereocenters. The third-order valence-electron chi connectivity index (χ3n) is 5.17. The number of pyridine rings is 2. The molecule has 0 fully saturated rings. The highest BCUT2D eigenvalue weighted by Gasteiger charge is 2.20. The van der Waals surface area contributed by atoms with E-state index in [2.05, 4.69) is 10.3 Å². The van der Waals surface area contributed by atoms with E-state index >= 15 is 0 Å². The number of benzene rings is 1. The van der Waals surface area contributed by atoms with Crippen LogP contribution >= 0.6 is 0 Å². The predicted octanol–water partition coefficient (Wildman–Crippen LogP) is 3.20. The molecule has 3 heterocycles. The van der Waals surface area contributed by atoms with E-state index < -0.39 is 5.91 Å². The van der Waals surface area contributed by atoms with E-state index in [-0.39, 0.29) is 28.7 Å². The molecule has 0 unspecified atom stereocenters. The van der Waals surface area contributed by atoms with Gasteiger partial charge in [0.15, 0.2) is 0 Å². The number of amides is 1. The van der Waals surface area contributed by atoms with E-state index in [1.165, 1.54) is 10.5 Å². The molecule has 30 heavy (non-hydrogen) atoms. The molecule has 4 rings (SSSR count). The van der Waals surface area contributed by atoms with Crippen molar-refractivity contribution in [3.05, 3.63) is 87.8 Å². The van der Waals surface area contributed by atoms with Gasteiger partial charge in [0, 0.05) is 12.2 Å². The molecule has 3 aromatic heterocycles. The molecule has 0 bridgehead atoms. The molecule has 0 saturated carbocycles. The van der Waals surface area contributed by atoms with Crippen LogP contribution in [0.2, 0.25) is 0 Å². The summed E-state index contributed by atoms with van der Waals surface area (Å²) < 4.78 is 3.08. The van der Waals surface area contributed by atoms with Gasteiger partial charge in [0.2, 0.25) is 0 Å². The van der Waals surface area contributed by atoms with E-state index in [1.807, 2.05) is 57.2 Å². The fourth-order valence-corrected chi connectivity index (χ4v) is 3.62. The Labute approximate surface area is 173 Å². The van der Waals surface area contributed by atoms with Gasteiger partial charge in [0.25, 0.3) is 11.5 Å². The Morgan fingerprint density at radius 2 is 1.77 bits per heavy atom. The number of aromatic nitrogens is 3. The molecule has 152 valence electrons. The van der Waals surface area contributed by atoms with Gasteiger partial charge >= 0.3 is 0 Å². The van der Waals surface area contributed by atoms with Crippen molar-refractivity contribution in [1.82, 2.24) is 19.3 Å². The lowest BCUT2D eigenvalue weighted by Gasteiger charge is -2.19. The smallest absolute Gasteiger partial charge is 0.267 e. The minimum absolute atomic E-state index is 0.0300. The van der Waals surface area contributed by atoms with Crippen LogP contribution in [0.3, 0.4) is 0 Å². The van der Waals surface area contributed by atoms with Crippen molar-refractivity contribution >= 4 is 22.6 Å². The third-order valence-corrected chi connectivity index (χ3v) is 5.17. The maximum atomic E-state index is 13.1. The Morgan fingerprint density at radius 3 is 2.47 bits per heavy atom. The summed E-state index contributed by atoms with van der Waals surface area (Å²) in [6, 6.07) is 16.0. The summed E-state index contributed by atoms with van der Waals surface area (Å²) in [6.07, 6.45) is 1.65. The first-order valence-electron chi connectivity index (χ1n) is 9.85. The maximum Gasteiger partial charge on any atom is 0.267 e. The topological polar surface area (TPSA) is 92.2 Å². The van der Waals surface area contributed by atoms with Crippen LogP contribution in [0.5, 0.6) is 0 Å². The summed E-state index contributed by atoms with van der Waals surface area (Å²) in [5.74, 6) is -0.398. The van der Waals surface area contributed by atoms with Crippen molar-refractivity contribution in [2.45, 2.75) is 32.9 Å². The lowest BCUT2D eigenvalue weighted by molar-refractivity contribution is 0.0937. The molecule has 1 amide bonds. The summed E-state index contributed by atoms with van der Waals surface area (Å²) in [6.45, 7) is 5.69. The average Bonchev–Trinajstić information content (AvgIpc) is 2.74. The quantitative estimate of drug-likeness (QED) is 0.514. The van der Waals surface area contributed by atoms with Crippen molar-refractivity contribution in [3.8, 4) is 0 Å². The number of carbonyl (C=O) groups excluding carboxylic acids is 1. The standard InChI is InChI=1S/C23H23N5O2/c1-14(2)28-20(24)17(22(29)25-15(3)16-9-5-4-6-10-16)13-18-21(28)26-19-11-7-8-12-27(19)23(18)30/h4-15,24H,1-3H3,(H,25,29)/t15-/m0/s1. The van der Waals surface area contributed by atoms with Crippen molar-refractivity contribution in [2.24, 2.45) is 0 Å². The van der Waals surface area contributed by atoms with Crippen molar-refractivity contribution < 1.29 is 4.79 Å². The highest BCUT2D eigenvalue weighted by Crippen LogP contribution is 2.16. The Kier molecular flexibility index (Phi) is 4.95. The Morgan fingerprint density at radius 1 is 1.07 bits per heavy atom. The van der Waals surface area contributed by atoms with Crippen LogP contribution in [0.25, 0.3) is 16.7 Å². The normalized spacial score (nSPS) is 12.4. The summed E-state index contributed by atoms with van der Waals surface area (Å²) >= 11 is 0. The predicted molar refractivity (Wildman–Crippen MR) is 116 cm³/mol. The zero-order chi connectivity index (χ0) is 21.4. The van der Waals surface area contributed by atoms with Gasteiger partial charge in [0.05, 0.1) is 17.0 Å². The highest BCUT2D eigenvalue weighted by molar-refractivity contribution is 5.97. The van der Waals surface area contributed by atoms with Crippen molar-refractivity contribution in [3.63, 3.8) is 0 Å². The molecule has 2 N–H and O–H groups in total. The largest absolute Gasteiger partial charge is 0.345 e. The molecule has 4 aromatic rings. The molecule has 0 radical (unpaired) electrons. The van der Waals surface area contributed by atoms with E-state index in [4.69, 9.17) is 5.41 Å². The second-order valence-electron chi connectivity index (χ2n) is 7.56. The number of hydrogen-bond acceptors (Lipinski definition) is 4. The maximum absolute atomic E-state index is 13.1. The fourth-order valence-electron chi connectivity index (χ4n) is 3.62. The Balaban J connectivity index is 1.90. The molecule has 0 saturated heterocycles. The zero-order valence-corrected chi connectivity index (χ0v) is 17.1. The van der Waals surface area contributed by atoms with Crippen LogP contribution < -0.4 is 16.4 Å². The minimum atomic E-state index is -0.398. The summed E-state index contributed by atoms with van der Waals surface area (Å²) in [7, 11) is 0. The van der Waals surface area contributed by atoms with Crippen LogP contribution in [0, 0.1) is 5.41 Å². The first-order chi connectivity index (χ1) is 14.4. The molecule has 0 aliphatic heterocycles. The van der Waals surface area contributed by atoms with Gasteiger partial charge in [-0.3, -0.25) is 19.4 Å². The minimum Gasteiger partial charge on any atom is -0.345 e. The number of rotatable bonds is 4. The van der Waals surface area contributed by atoms with E-state index in [1.54, 1.807) is 22.9 Å². The summed E-state index contributed by atoms with van der Waals surface area (Å²) in [5, 5.41) is 11.9. The van der Waals surface area contributed by atoms with Crippen molar-refractivity contribution in [1.29, 1.82) is 5.41 Å². The summed E-state index contributed by atoms with van der Waals surface area (Å²) in [5.41, 5.74) is 1.77. The number of hydrogen-bond donors (Lipinski definition) is 2. The van der Waals surface area contributed by atoms with Crippen LogP contribution in [-0.4, -0.2) is 19.9 Å². The Hall–Kier alpha value is -3.74. The van der Waals surface area contributed by atoms with Gasteiger partial charge in [0.1, 0.15) is 16.8 Å². The second kappa shape index (κ2) is 7.59. The number of fused-ring (bicyclic) bond motifs is 2. The molecule has 1 aromatic carbocycles. The molecular weight excluding hydrogens is 378 g/mol. The monoisotopic (exact) mass is 401 g/mol. The first-order valence-corrected chi connectivity index (χ1v) is 9.85. The van der Waals surface area contributed by atoms with Gasteiger partial charge in [-0.2, -0.15) is 0 Å². The molecule has 0 aliphatic carbocycles. The molecule has 0 aliphatic rings. The first kappa shape index (κ1) is 19.6. The second-order valence-corrected chi connectivity index (χ2v) is 7.56. The number of nitrogens with zero attached hydrogens (tertiary/aromatic N) is 3. The van der Waals surface area contributed by atoms with Gasteiger partial charge in [-0.15, -0.1) is 0 Å². The molecule has 7 nitrogen and oxygen atoms in total. The molecule has 7 heteroatoms. The van der Waals surface area contributed by atoms with E-state index in [9.17, 15) is 9.59 Å². The van der Waals surface area contributed by atoms with E-state index in [0.29, 0.717) is 16.7 Å². The average molecular weight is 401 g/mol. The Bertz CT molecular complexity index is 1370. The zero-order valence-electron chi connectivity index (χ0n) is 17.1. The van der Waals surface area contributed by atoms with Crippen LogP contribution in [-0.2, 0) is 0 Å². The lowest BCUT2D eigenvalue weighted by atomic mass is 10.1. The van der Waals surface area contributed by atoms with Gasteiger partial charge in [-0.05, 0) is 44.5 Å². The van der Waals surface area contributed by atoms with Crippen molar-refractivity contribution in [2.75, 3.05) is 0 Å². The highest BCUT2D eigenvalue weighted by atomic mass is 16.2. The fraction of sp³-hybridized carbons (Fsp3) is 0.217. The molecule has 0 spiro atoms. The lowest BCUT2D eigenvalue weighted by Crippen LogP contribution is -2.36. The SMILES string of the molecule is CC(C)n1c(=N)c(C(=O)N[C@@H](C)c2ccccc2)cc2c(=O)n3ccccc3nc21. The van der Waals surface area contributed by atoms with Gasteiger partial charge < -0.3 is 9.88 Å². The third kappa shape index (κ3) is 3.28. The van der Waals surface area contributed by atoms with E-state index in [0.717, 1.165) is 5.56 Å². The summed E-state index contributed by atoms with van der Waals surface area (Å²) in [4.78, 5) is 30.8.